The normalized spacial score (nSPS) is 17.9. The molecule has 1 amide bonds. The van der Waals surface area contributed by atoms with Gasteiger partial charge < -0.3 is 10.6 Å². The highest BCUT2D eigenvalue weighted by Gasteiger charge is 2.25. The van der Waals surface area contributed by atoms with Crippen molar-refractivity contribution in [2.45, 2.75) is 25.8 Å². The van der Waals surface area contributed by atoms with E-state index < -0.39 is 0 Å². The molecule has 1 saturated heterocycles. The molecular weight excluding hydrogens is 178 g/mol. The number of hydrogen-bond donors (Lipinski definition) is 1. The highest BCUT2D eigenvalue weighted by molar-refractivity contribution is 5.78. The number of likely N-dealkylation sites (N-methyl/N-ethyl adjacent to an activating group) is 1. The second-order valence-electron chi connectivity index (χ2n) is 4.12. The Labute approximate surface area is 86.0 Å². The van der Waals surface area contributed by atoms with Gasteiger partial charge in [0.1, 0.15) is 0 Å². The van der Waals surface area contributed by atoms with E-state index in [4.69, 9.17) is 5.73 Å². The van der Waals surface area contributed by atoms with Gasteiger partial charge in [-0.2, -0.15) is 0 Å². The van der Waals surface area contributed by atoms with Crippen LogP contribution in [0.4, 0.5) is 0 Å². The molecule has 0 bridgehead atoms. The monoisotopic (exact) mass is 199 g/mol. The summed E-state index contributed by atoms with van der Waals surface area (Å²) in [5, 5.41) is 0. The average molecular weight is 199 g/mol. The van der Waals surface area contributed by atoms with Crippen molar-refractivity contribution in [2.75, 3.05) is 33.2 Å². The highest BCUT2D eigenvalue weighted by atomic mass is 16.2. The molecule has 1 fully saturated rings. The molecule has 0 atom stereocenters. The molecule has 4 heteroatoms. The summed E-state index contributed by atoms with van der Waals surface area (Å²) in [6, 6.07) is 0.281. The number of carbonyl (C=O) groups excluding carboxylic acids is 1. The van der Waals surface area contributed by atoms with Crippen LogP contribution in [0.5, 0.6) is 0 Å². The van der Waals surface area contributed by atoms with Crippen LogP contribution in [0.25, 0.3) is 0 Å². The summed E-state index contributed by atoms with van der Waals surface area (Å²) < 4.78 is 0. The van der Waals surface area contributed by atoms with Gasteiger partial charge in [0.15, 0.2) is 0 Å². The first-order valence-electron chi connectivity index (χ1n) is 5.35. The van der Waals surface area contributed by atoms with E-state index in [1.54, 1.807) is 0 Å². The Bertz CT molecular complexity index is 190. The Hall–Kier alpha value is -0.610. The molecule has 4 nitrogen and oxygen atoms in total. The van der Waals surface area contributed by atoms with Gasteiger partial charge in [-0.3, -0.25) is 9.69 Å². The number of amides is 1. The Kier molecular flexibility index (Phi) is 4.35. The third-order valence-electron chi connectivity index (χ3n) is 2.62. The number of nitrogens with two attached hydrogens (primary N) is 1. The maximum atomic E-state index is 11.6. The lowest BCUT2D eigenvalue weighted by atomic mass is 10.1. The van der Waals surface area contributed by atoms with Crippen molar-refractivity contribution in [1.82, 2.24) is 9.80 Å². The quantitative estimate of drug-likeness (QED) is 0.672. The summed E-state index contributed by atoms with van der Waals surface area (Å²) in [6.45, 7) is 5.27. The van der Waals surface area contributed by atoms with Crippen molar-refractivity contribution in [1.29, 1.82) is 0 Å². The van der Waals surface area contributed by atoms with E-state index in [1.807, 2.05) is 11.9 Å². The largest absolute Gasteiger partial charge is 0.345 e. The van der Waals surface area contributed by atoms with Gasteiger partial charge in [-0.1, -0.05) is 13.3 Å². The zero-order valence-electron chi connectivity index (χ0n) is 9.20. The third-order valence-corrected chi connectivity index (χ3v) is 2.62. The molecule has 0 unspecified atom stereocenters. The molecule has 0 aromatic carbocycles. The minimum atomic E-state index is 0.213. The Morgan fingerprint density at radius 1 is 1.57 bits per heavy atom. The Balaban J connectivity index is 2.14. The summed E-state index contributed by atoms with van der Waals surface area (Å²) >= 11 is 0. The molecule has 2 N–H and O–H groups in total. The smallest absolute Gasteiger partial charge is 0.236 e. The van der Waals surface area contributed by atoms with Gasteiger partial charge >= 0.3 is 0 Å². The van der Waals surface area contributed by atoms with Crippen molar-refractivity contribution in [3.05, 3.63) is 0 Å². The molecule has 14 heavy (non-hydrogen) atoms. The summed E-state index contributed by atoms with van der Waals surface area (Å²) in [7, 11) is 1.87. The van der Waals surface area contributed by atoms with Gasteiger partial charge in [0, 0.05) is 32.7 Å². The lowest BCUT2D eigenvalue weighted by molar-refractivity contribution is -0.132. The van der Waals surface area contributed by atoms with Gasteiger partial charge in [-0.25, -0.2) is 0 Å². The molecule has 1 rings (SSSR count). The van der Waals surface area contributed by atoms with Crippen molar-refractivity contribution in [2.24, 2.45) is 5.73 Å². The molecule has 1 heterocycles. The lowest BCUT2D eigenvalue weighted by Crippen LogP contribution is -2.58. The number of likely N-dealkylation sites (tertiary alicyclic amines) is 1. The molecule has 0 saturated carbocycles. The van der Waals surface area contributed by atoms with Crippen LogP contribution in [-0.2, 0) is 4.79 Å². The van der Waals surface area contributed by atoms with Crippen molar-refractivity contribution >= 4 is 5.91 Å². The Morgan fingerprint density at radius 3 is 2.71 bits per heavy atom. The van der Waals surface area contributed by atoms with E-state index in [0.29, 0.717) is 6.54 Å². The fourth-order valence-corrected chi connectivity index (χ4v) is 1.57. The number of carbonyl (C=O) groups is 1. The van der Waals surface area contributed by atoms with Crippen LogP contribution in [-0.4, -0.2) is 55.0 Å². The predicted molar refractivity (Wildman–Crippen MR) is 57.0 cm³/mol. The van der Waals surface area contributed by atoms with Gasteiger partial charge in [0.25, 0.3) is 0 Å². The number of hydrogen-bond acceptors (Lipinski definition) is 3. The average Bonchev–Trinajstić information content (AvgIpc) is 2.11. The topological polar surface area (TPSA) is 49.6 Å². The molecule has 0 aromatic rings. The van der Waals surface area contributed by atoms with Crippen LogP contribution >= 0.6 is 0 Å². The fraction of sp³-hybridized carbons (Fsp3) is 0.900. The van der Waals surface area contributed by atoms with E-state index in [9.17, 15) is 4.79 Å². The number of rotatable bonds is 5. The van der Waals surface area contributed by atoms with Gasteiger partial charge in [0.2, 0.25) is 5.91 Å². The summed E-state index contributed by atoms with van der Waals surface area (Å²) in [5.74, 6) is 0.213. The maximum Gasteiger partial charge on any atom is 0.236 e. The van der Waals surface area contributed by atoms with Gasteiger partial charge in [-0.15, -0.1) is 0 Å². The highest BCUT2D eigenvalue weighted by Crippen LogP contribution is 2.05. The van der Waals surface area contributed by atoms with Crippen LogP contribution in [0, 0.1) is 0 Å². The second-order valence-corrected chi connectivity index (χ2v) is 4.12. The van der Waals surface area contributed by atoms with E-state index in [1.165, 1.54) is 0 Å². The number of nitrogens with zero attached hydrogens (tertiary/aromatic N) is 2. The molecule has 0 radical (unpaired) electrons. The predicted octanol–water partition coefficient (Wildman–Crippen LogP) is -0.112. The maximum absolute atomic E-state index is 11.6. The van der Waals surface area contributed by atoms with E-state index >= 15 is 0 Å². The fourth-order valence-electron chi connectivity index (χ4n) is 1.57. The standard InChI is InChI=1S/C10H21N3O/c1-3-4-5-12(2)10(14)8-13-6-9(11)7-13/h9H,3-8,11H2,1-2H3. The first-order valence-corrected chi connectivity index (χ1v) is 5.35. The van der Waals surface area contributed by atoms with Crippen molar-refractivity contribution in [3.8, 4) is 0 Å². The minimum absolute atomic E-state index is 0.213. The van der Waals surface area contributed by atoms with Crippen LogP contribution in [0.1, 0.15) is 19.8 Å². The summed E-state index contributed by atoms with van der Waals surface area (Å²) in [6.07, 6.45) is 2.22. The third kappa shape index (κ3) is 3.27. The summed E-state index contributed by atoms with van der Waals surface area (Å²) in [4.78, 5) is 15.5. The van der Waals surface area contributed by atoms with Crippen LogP contribution in [0.15, 0.2) is 0 Å². The van der Waals surface area contributed by atoms with Gasteiger partial charge in [0.05, 0.1) is 6.54 Å². The molecule has 0 aliphatic carbocycles. The van der Waals surface area contributed by atoms with E-state index in [0.717, 1.165) is 32.5 Å². The van der Waals surface area contributed by atoms with E-state index in [-0.39, 0.29) is 11.9 Å². The first-order chi connectivity index (χ1) is 6.63. The zero-order chi connectivity index (χ0) is 10.6. The Morgan fingerprint density at radius 2 is 2.21 bits per heavy atom. The molecule has 82 valence electrons. The van der Waals surface area contributed by atoms with Crippen LogP contribution in [0.3, 0.4) is 0 Å². The van der Waals surface area contributed by atoms with Crippen molar-refractivity contribution < 1.29 is 4.79 Å². The second kappa shape index (κ2) is 5.32. The molecule has 1 aliphatic rings. The first kappa shape index (κ1) is 11.5. The molecular formula is C10H21N3O. The van der Waals surface area contributed by atoms with Crippen molar-refractivity contribution in [3.63, 3.8) is 0 Å². The summed E-state index contributed by atoms with van der Waals surface area (Å²) in [5.41, 5.74) is 5.63. The van der Waals surface area contributed by atoms with Crippen LogP contribution < -0.4 is 5.73 Å². The molecule has 1 aliphatic heterocycles. The zero-order valence-corrected chi connectivity index (χ0v) is 9.20. The van der Waals surface area contributed by atoms with Crippen LogP contribution in [0.2, 0.25) is 0 Å². The lowest BCUT2D eigenvalue weighted by Gasteiger charge is -2.37. The number of unbranched alkanes of at least 4 members (excludes halogenated alkanes) is 1. The molecule has 0 aromatic heterocycles. The van der Waals surface area contributed by atoms with E-state index in [2.05, 4.69) is 11.8 Å². The van der Waals surface area contributed by atoms with Gasteiger partial charge in [-0.05, 0) is 6.42 Å². The minimum Gasteiger partial charge on any atom is -0.345 e. The SMILES string of the molecule is CCCCN(C)C(=O)CN1CC(N)C1. The molecule has 0 spiro atoms.